The van der Waals surface area contributed by atoms with Gasteiger partial charge in [0, 0.05) is 15.6 Å². The van der Waals surface area contributed by atoms with Crippen molar-refractivity contribution in [2.24, 2.45) is 0 Å². The molecule has 4 aromatic carbocycles. The lowest BCUT2D eigenvalue weighted by Gasteiger charge is -2.27. The Balaban J connectivity index is 0.00000480. The highest BCUT2D eigenvalue weighted by atomic mass is 79.9. The number of hydrogen-bond acceptors (Lipinski definition) is 7. The van der Waals surface area contributed by atoms with E-state index < -0.39 is 29.8 Å². The first kappa shape index (κ1) is 33.9. The zero-order valence-electron chi connectivity index (χ0n) is 25.2. The van der Waals surface area contributed by atoms with Gasteiger partial charge in [-0.15, -0.1) is 12.4 Å². The summed E-state index contributed by atoms with van der Waals surface area (Å²) >= 11 is 3.52. The molecular formula is C34H30BrClN6O4. The first-order chi connectivity index (χ1) is 21.7. The number of nitrogens with zero attached hydrogens (tertiary/aromatic N) is 4. The Morgan fingerprint density at radius 3 is 2.35 bits per heavy atom. The monoisotopic (exact) mass is 700 g/mol. The number of rotatable bonds is 7. The quantitative estimate of drug-likeness (QED) is 0.275. The number of methoxy groups -OCH3 is 1. The largest absolute Gasteiger partial charge is 0.496 e. The molecule has 2 unspecified atom stereocenters. The van der Waals surface area contributed by atoms with E-state index >= 15 is 0 Å². The molecule has 234 valence electrons. The molecule has 0 saturated carbocycles. The van der Waals surface area contributed by atoms with E-state index in [-0.39, 0.29) is 36.6 Å². The molecule has 4 aromatic rings. The fraction of sp³-hybridized carbons (Fsp3) is 0.206. The van der Waals surface area contributed by atoms with Gasteiger partial charge in [-0.25, -0.2) is 0 Å². The van der Waals surface area contributed by atoms with Crippen molar-refractivity contribution in [2.75, 3.05) is 30.5 Å². The van der Waals surface area contributed by atoms with Crippen LogP contribution in [0.15, 0.2) is 77.3 Å². The molecule has 1 aliphatic heterocycles. The minimum absolute atomic E-state index is 0. The summed E-state index contributed by atoms with van der Waals surface area (Å²) in [6.07, 6.45) is 0. The molecule has 1 heterocycles. The molecule has 3 amide bonds. The third-order valence-electron chi connectivity index (χ3n) is 7.85. The normalized spacial score (nSPS) is 14.7. The van der Waals surface area contributed by atoms with Gasteiger partial charge in [-0.1, -0.05) is 28.1 Å². The summed E-state index contributed by atoms with van der Waals surface area (Å²) in [6, 6.07) is 22.9. The van der Waals surface area contributed by atoms with E-state index in [1.807, 2.05) is 36.4 Å². The summed E-state index contributed by atoms with van der Waals surface area (Å²) in [5.41, 5.74) is 2.40. The first-order valence-electron chi connectivity index (χ1n) is 14.1. The number of ether oxygens (including phenoxy) is 1. The maximum atomic E-state index is 14.5. The van der Waals surface area contributed by atoms with Crippen LogP contribution in [0.4, 0.5) is 11.4 Å². The highest BCUT2D eigenvalue weighted by Crippen LogP contribution is 2.38. The van der Waals surface area contributed by atoms with Gasteiger partial charge in [-0.05, 0) is 85.4 Å². The topological polar surface area (TPSA) is 139 Å². The number of fused-ring (bicyclic) bond motifs is 2. The van der Waals surface area contributed by atoms with Crippen molar-refractivity contribution < 1.29 is 19.1 Å². The molecule has 46 heavy (non-hydrogen) atoms. The predicted molar refractivity (Wildman–Crippen MR) is 181 cm³/mol. The molecule has 12 heteroatoms. The Hall–Kier alpha value is -4.94. The van der Waals surface area contributed by atoms with Crippen LogP contribution in [0.3, 0.4) is 0 Å². The van der Waals surface area contributed by atoms with Crippen molar-refractivity contribution in [3.05, 3.63) is 99.5 Å². The van der Waals surface area contributed by atoms with Gasteiger partial charge in [0.05, 0.1) is 60.9 Å². The lowest BCUT2D eigenvalue weighted by atomic mass is 10.0. The number of carbonyl (C=O) groups excluding carboxylic acids is 3. The molecule has 0 aliphatic carbocycles. The summed E-state index contributed by atoms with van der Waals surface area (Å²) in [5, 5.41) is 26.5. The lowest BCUT2D eigenvalue weighted by molar-refractivity contribution is -0.128. The maximum absolute atomic E-state index is 14.5. The van der Waals surface area contributed by atoms with E-state index in [9.17, 15) is 24.9 Å². The van der Waals surface area contributed by atoms with Crippen LogP contribution in [-0.4, -0.2) is 50.5 Å². The van der Waals surface area contributed by atoms with E-state index in [2.05, 4.69) is 32.6 Å². The number of halogens is 2. The third-order valence-corrected chi connectivity index (χ3v) is 8.34. The van der Waals surface area contributed by atoms with Crippen molar-refractivity contribution in [2.45, 2.75) is 25.6 Å². The zero-order chi connectivity index (χ0) is 32.2. The second-order valence-corrected chi connectivity index (χ2v) is 11.4. The Labute approximate surface area is 281 Å². The average Bonchev–Trinajstić information content (AvgIpc) is 3.17. The fourth-order valence-electron chi connectivity index (χ4n) is 5.29. The van der Waals surface area contributed by atoms with E-state index in [0.717, 1.165) is 20.8 Å². The summed E-state index contributed by atoms with van der Waals surface area (Å²) in [6.45, 7) is 1.52. The van der Waals surface area contributed by atoms with Gasteiger partial charge in [0.2, 0.25) is 5.91 Å². The Morgan fingerprint density at radius 2 is 1.70 bits per heavy atom. The fourth-order valence-corrected chi connectivity index (χ4v) is 5.67. The molecule has 0 radical (unpaired) electrons. The highest BCUT2D eigenvalue weighted by Gasteiger charge is 2.38. The Kier molecular flexibility index (Phi) is 10.7. The van der Waals surface area contributed by atoms with Crippen molar-refractivity contribution >= 4 is 68.2 Å². The van der Waals surface area contributed by atoms with E-state index in [0.29, 0.717) is 22.7 Å². The summed E-state index contributed by atoms with van der Waals surface area (Å²) in [5.74, 6) is -0.757. The maximum Gasteiger partial charge on any atom is 0.258 e. The lowest BCUT2D eigenvalue weighted by Crippen LogP contribution is -2.55. The molecule has 10 nitrogen and oxygen atoms in total. The van der Waals surface area contributed by atoms with Crippen molar-refractivity contribution in [1.82, 2.24) is 10.6 Å². The molecule has 0 fully saturated rings. The molecule has 5 rings (SSSR count). The zero-order valence-corrected chi connectivity index (χ0v) is 27.6. The average molecular weight is 702 g/mol. The summed E-state index contributed by atoms with van der Waals surface area (Å²) in [7, 11) is 3.19. The van der Waals surface area contributed by atoms with Crippen LogP contribution >= 0.6 is 28.3 Å². The second kappa shape index (κ2) is 14.4. The third kappa shape index (κ3) is 6.68. The molecule has 0 bridgehead atoms. The molecule has 1 aliphatic rings. The van der Waals surface area contributed by atoms with Gasteiger partial charge in [0.25, 0.3) is 11.8 Å². The molecular weight excluding hydrogens is 672 g/mol. The van der Waals surface area contributed by atoms with Crippen LogP contribution in [0.1, 0.15) is 34.0 Å². The number of carbonyl (C=O) groups is 3. The summed E-state index contributed by atoms with van der Waals surface area (Å²) in [4.78, 5) is 44.6. The van der Waals surface area contributed by atoms with Crippen LogP contribution in [0.5, 0.6) is 5.75 Å². The SMILES string of the molecule is CNC(C)C(=O)NC1CN(C(=O)c2ccc(C#N)cc2)c2cc(C#N)ccc2N(Cc2c(OC)ccc3cc(Br)ccc23)C1=O.Cl. The van der Waals surface area contributed by atoms with Crippen LogP contribution in [0.2, 0.25) is 0 Å². The number of amides is 3. The van der Waals surface area contributed by atoms with E-state index in [1.54, 1.807) is 39.3 Å². The molecule has 0 aromatic heterocycles. The molecule has 2 N–H and O–H groups in total. The van der Waals surface area contributed by atoms with Crippen molar-refractivity contribution in [3.8, 4) is 17.9 Å². The smallest absolute Gasteiger partial charge is 0.258 e. The highest BCUT2D eigenvalue weighted by molar-refractivity contribution is 9.10. The van der Waals surface area contributed by atoms with Gasteiger partial charge in [-0.3, -0.25) is 14.4 Å². The van der Waals surface area contributed by atoms with Crippen molar-refractivity contribution in [1.29, 1.82) is 10.5 Å². The number of nitrogens with one attached hydrogen (secondary N) is 2. The number of anilines is 2. The van der Waals surface area contributed by atoms with Crippen LogP contribution in [-0.2, 0) is 16.1 Å². The first-order valence-corrected chi connectivity index (χ1v) is 14.9. The predicted octanol–water partition coefficient (Wildman–Crippen LogP) is 5.06. The van der Waals surface area contributed by atoms with Gasteiger partial charge in [-0.2, -0.15) is 10.5 Å². The van der Waals surface area contributed by atoms with Gasteiger partial charge >= 0.3 is 0 Å². The Bertz CT molecular complexity index is 1900. The number of nitriles is 2. The van der Waals surface area contributed by atoms with Gasteiger partial charge in [0.1, 0.15) is 11.8 Å². The van der Waals surface area contributed by atoms with Gasteiger partial charge in [0.15, 0.2) is 0 Å². The summed E-state index contributed by atoms with van der Waals surface area (Å²) < 4.78 is 6.62. The van der Waals surface area contributed by atoms with Crippen LogP contribution in [0, 0.1) is 22.7 Å². The Morgan fingerprint density at radius 1 is 1.00 bits per heavy atom. The molecule has 0 spiro atoms. The van der Waals surface area contributed by atoms with Crippen LogP contribution < -0.4 is 25.2 Å². The number of benzene rings is 4. The van der Waals surface area contributed by atoms with Crippen molar-refractivity contribution in [3.63, 3.8) is 0 Å². The second-order valence-electron chi connectivity index (χ2n) is 10.5. The number of likely N-dealkylation sites (N-methyl/N-ethyl adjacent to an activating group) is 1. The van der Waals surface area contributed by atoms with Gasteiger partial charge < -0.3 is 25.2 Å². The van der Waals surface area contributed by atoms with Crippen LogP contribution in [0.25, 0.3) is 10.8 Å². The minimum Gasteiger partial charge on any atom is -0.496 e. The standard InChI is InChI=1S/C34H29BrN6O4.ClH/c1-20(38-2)32(42)39-28-19-41(33(43)23-7-4-21(16-36)5-8-23)30-14-22(17-37)6-12-29(30)40(34(28)44)18-27-26-11-10-25(35)15-24(26)9-13-31(27)45-3;/h4-15,20,28,38H,18-19H2,1-3H3,(H,39,42);1H. The minimum atomic E-state index is -1.14. The molecule has 2 atom stereocenters. The number of hydrogen-bond donors (Lipinski definition) is 2. The van der Waals surface area contributed by atoms with E-state index in [4.69, 9.17) is 4.74 Å². The molecule has 0 saturated heterocycles. The van der Waals surface area contributed by atoms with E-state index in [1.165, 1.54) is 34.1 Å².